The van der Waals surface area contributed by atoms with E-state index in [1.165, 1.54) is 5.56 Å². The molecule has 3 heteroatoms. The standard InChI is InChI=1S/C17H20ClNO/c1-13(15-8-5-9-16(18)11-15)19-17(12-20)10-14-6-3-2-4-7-14/h2-9,11,13,17,19-20H,10,12H2,1H3/t13?,17-/m1/s1. The Kier molecular flexibility index (Phi) is 5.60. The molecule has 106 valence electrons. The summed E-state index contributed by atoms with van der Waals surface area (Å²) in [7, 11) is 0. The zero-order valence-electron chi connectivity index (χ0n) is 11.6. The maximum Gasteiger partial charge on any atom is 0.0588 e. The fourth-order valence-electron chi connectivity index (χ4n) is 2.30. The molecule has 0 bridgehead atoms. The molecule has 0 aliphatic heterocycles. The van der Waals surface area contributed by atoms with E-state index in [1.807, 2.05) is 42.5 Å². The quantitative estimate of drug-likeness (QED) is 0.852. The van der Waals surface area contributed by atoms with Gasteiger partial charge in [0.15, 0.2) is 0 Å². The Balaban J connectivity index is 1.99. The fraction of sp³-hybridized carbons (Fsp3) is 0.294. The third-order valence-electron chi connectivity index (χ3n) is 3.38. The van der Waals surface area contributed by atoms with Crippen molar-refractivity contribution in [1.29, 1.82) is 0 Å². The maximum absolute atomic E-state index is 9.55. The van der Waals surface area contributed by atoms with Crippen molar-refractivity contribution < 1.29 is 5.11 Å². The number of benzene rings is 2. The first kappa shape index (κ1) is 15.0. The second kappa shape index (κ2) is 7.44. The number of nitrogens with one attached hydrogen (secondary N) is 1. The molecular formula is C17H20ClNO. The zero-order chi connectivity index (χ0) is 14.4. The summed E-state index contributed by atoms with van der Waals surface area (Å²) in [5.41, 5.74) is 2.35. The molecule has 0 saturated carbocycles. The lowest BCUT2D eigenvalue weighted by Gasteiger charge is -2.22. The summed E-state index contributed by atoms with van der Waals surface area (Å²) in [4.78, 5) is 0. The first-order valence-corrected chi connectivity index (χ1v) is 7.23. The van der Waals surface area contributed by atoms with E-state index in [1.54, 1.807) is 0 Å². The molecule has 2 nitrogen and oxygen atoms in total. The minimum absolute atomic E-state index is 0.0337. The zero-order valence-corrected chi connectivity index (χ0v) is 12.3. The monoisotopic (exact) mass is 289 g/mol. The van der Waals surface area contributed by atoms with E-state index in [4.69, 9.17) is 11.6 Å². The van der Waals surface area contributed by atoms with Gasteiger partial charge in [-0.25, -0.2) is 0 Å². The van der Waals surface area contributed by atoms with Crippen molar-refractivity contribution in [2.75, 3.05) is 6.61 Å². The summed E-state index contributed by atoms with van der Waals surface area (Å²) in [6, 6.07) is 18.2. The molecule has 0 fully saturated rings. The fourth-order valence-corrected chi connectivity index (χ4v) is 2.50. The van der Waals surface area contributed by atoms with Crippen LogP contribution >= 0.6 is 11.6 Å². The number of rotatable bonds is 6. The molecule has 0 amide bonds. The first-order valence-electron chi connectivity index (χ1n) is 6.85. The normalized spacial score (nSPS) is 13.9. The van der Waals surface area contributed by atoms with Gasteiger partial charge in [-0.15, -0.1) is 0 Å². The highest BCUT2D eigenvalue weighted by Gasteiger charge is 2.13. The van der Waals surface area contributed by atoms with Gasteiger partial charge in [-0.2, -0.15) is 0 Å². The van der Waals surface area contributed by atoms with Gasteiger partial charge in [-0.3, -0.25) is 0 Å². The molecule has 2 aromatic carbocycles. The highest BCUT2D eigenvalue weighted by Crippen LogP contribution is 2.18. The van der Waals surface area contributed by atoms with Gasteiger partial charge in [-0.05, 0) is 36.6 Å². The van der Waals surface area contributed by atoms with Crippen molar-refractivity contribution in [3.8, 4) is 0 Å². The topological polar surface area (TPSA) is 32.3 Å². The van der Waals surface area contributed by atoms with Crippen LogP contribution in [0.15, 0.2) is 54.6 Å². The van der Waals surface area contributed by atoms with Gasteiger partial charge >= 0.3 is 0 Å². The lowest BCUT2D eigenvalue weighted by atomic mass is 10.0. The largest absolute Gasteiger partial charge is 0.395 e. The molecule has 0 aromatic heterocycles. The van der Waals surface area contributed by atoms with Crippen molar-refractivity contribution in [2.24, 2.45) is 0 Å². The lowest BCUT2D eigenvalue weighted by Crippen LogP contribution is -2.36. The Labute approximate surface area is 125 Å². The van der Waals surface area contributed by atoms with E-state index in [9.17, 15) is 5.11 Å². The molecular weight excluding hydrogens is 270 g/mol. The highest BCUT2D eigenvalue weighted by atomic mass is 35.5. The van der Waals surface area contributed by atoms with Gasteiger partial charge in [0.05, 0.1) is 6.61 Å². The Morgan fingerprint density at radius 2 is 1.85 bits per heavy atom. The van der Waals surface area contributed by atoms with E-state index in [2.05, 4.69) is 24.4 Å². The van der Waals surface area contributed by atoms with Gasteiger partial charge in [0.1, 0.15) is 0 Å². The smallest absolute Gasteiger partial charge is 0.0588 e. The average Bonchev–Trinajstić information content (AvgIpc) is 2.47. The molecule has 2 rings (SSSR count). The Morgan fingerprint density at radius 1 is 1.10 bits per heavy atom. The molecule has 2 atom stereocenters. The Hall–Kier alpha value is -1.35. The molecule has 0 saturated heterocycles. The number of aliphatic hydroxyl groups is 1. The van der Waals surface area contributed by atoms with Crippen molar-refractivity contribution in [2.45, 2.75) is 25.4 Å². The minimum atomic E-state index is 0.0337. The summed E-state index contributed by atoms with van der Waals surface area (Å²) < 4.78 is 0. The minimum Gasteiger partial charge on any atom is -0.395 e. The number of halogens is 1. The second-order valence-electron chi connectivity index (χ2n) is 5.01. The molecule has 2 aromatic rings. The first-order chi connectivity index (χ1) is 9.69. The maximum atomic E-state index is 9.55. The molecule has 2 N–H and O–H groups in total. The van der Waals surface area contributed by atoms with Crippen molar-refractivity contribution >= 4 is 11.6 Å². The van der Waals surface area contributed by atoms with Crippen LogP contribution in [0.1, 0.15) is 24.1 Å². The van der Waals surface area contributed by atoms with Crippen molar-refractivity contribution in [3.63, 3.8) is 0 Å². The van der Waals surface area contributed by atoms with Crippen LogP contribution in [0.2, 0.25) is 5.02 Å². The molecule has 0 spiro atoms. The molecule has 0 radical (unpaired) electrons. The van der Waals surface area contributed by atoms with Crippen LogP contribution < -0.4 is 5.32 Å². The van der Waals surface area contributed by atoms with E-state index >= 15 is 0 Å². The number of aliphatic hydroxyl groups excluding tert-OH is 1. The summed E-state index contributed by atoms with van der Waals surface area (Å²) in [6.07, 6.45) is 0.808. The Bertz CT molecular complexity index is 530. The average molecular weight is 290 g/mol. The summed E-state index contributed by atoms with van der Waals surface area (Å²) in [5.74, 6) is 0. The number of hydrogen-bond acceptors (Lipinski definition) is 2. The third kappa shape index (κ3) is 4.34. The van der Waals surface area contributed by atoms with Gasteiger partial charge in [-0.1, -0.05) is 54.1 Å². The van der Waals surface area contributed by atoms with Gasteiger partial charge in [0.2, 0.25) is 0 Å². The molecule has 0 aliphatic carbocycles. The predicted molar refractivity (Wildman–Crippen MR) is 84.0 cm³/mol. The van der Waals surface area contributed by atoms with Crippen LogP contribution in [0.3, 0.4) is 0 Å². The highest BCUT2D eigenvalue weighted by molar-refractivity contribution is 6.30. The second-order valence-corrected chi connectivity index (χ2v) is 5.45. The van der Waals surface area contributed by atoms with Crippen LogP contribution in [-0.4, -0.2) is 17.8 Å². The van der Waals surface area contributed by atoms with Crippen molar-refractivity contribution in [1.82, 2.24) is 5.32 Å². The van der Waals surface area contributed by atoms with E-state index < -0.39 is 0 Å². The van der Waals surface area contributed by atoms with Gasteiger partial charge in [0.25, 0.3) is 0 Å². The van der Waals surface area contributed by atoms with Crippen LogP contribution in [0.4, 0.5) is 0 Å². The van der Waals surface area contributed by atoms with Gasteiger partial charge in [0, 0.05) is 17.1 Å². The predicted octanol–water partition coefficient (Wildman–Crippen LogP) is 3.59. The molecule has 0 heterocycles. The van der Waals surface area contributed by atoms with Crippen LogP contribution in [-0.2, 0) is 6.42 Å². The van der Waals surface area contributed by atoms with Crippen LogP contribution in [0.5, 0.6) is 0 Å². The molecule has 20 heavy (non-hydrogen) atoms. The van der Waals surface area contributed by atoms with Crippen LogP contribution in [0, 0.1) is 0 Å². The van der Waals surface area contributed by atoms with Gasteiger partial charge < -0.3 is 10.4 Å². The Morgan fingerprint density at radius 3 is 2.50 bits per heavy atom. The summed E-state index contributed by atoms with van der Waals surface area (Å²) in [6.45, 7) is 2.19. The number of hydrogen-bond donors (Lipinski definition) is 2. The molecule has 1 unspecified atom stereocenters. The van der Waals surface area contributed by atoms with Crippen LogP contribution in [0.25, 0.3) is 0 Å². The SMILES string of the molecule is CC(N[C@@H](CO)Cc1ccccc1)c1cccc(Cl)c1. The lowest BCUT2D eigenvalue weighted by molar-refractivity contribution is 0.232. The summed E-state index contributed by atoms with van der Waals surface area (Å²) >= 11 is 6.01. The van der Waals surface area contributed by atoms with E-state index in [-0.39, 0.29) is 18.7 Å². The third-order valence-corrected chi connectivity index (χ3v) is 3.61. The molecule has 0 aliphatic rings. The van der Waals surface area contributed by atoms with E-state index in [0.29, 0.717) is 0 Å². The van der Waals surface area contributed by atoms with E-state index in [0.717, 1.165) is 17.0 Å². The summed E-state index contributed by atoms with van der Waals surface area (Å²) in [5, 5.41) is 13.7. The van der Waals surface area contributed by atoms with Crippen molar-refractivity contribution in [3.05, 3.63) is 70.7 Å².